The molecule has 164 valence electrons. The number of anilines is 1. The fourth-order valence-electron chi connectivity index (χ4n) is 4.01. The third-order valence-corrected chi connectivity index (χ3v) is 6.56. The van der Waals surface area contributed by atoms with Crippen LogP contribution in [-0.4, -0.2) is 35.9 Å². The highest BCUT2D eigenvalue weighted by Gasteiger charge is 2.32. The SMILES string of the molecule is COc1ccc(C2CC(C(=S)NN3CCCCCC3)=NN2c2ccc(Cl)cc2Cl)cc1. The number of hydrogen-bond acceptors (Lipinski definition) is 5. The number of hydrogen-bond donors (Lipinski definition) is 1. The molecule has 0 aliphatic carbocycles. The second kappa shape index (κ2) is 10.2. The summed E-state index contributed by atoms with van der Waals surface area (Å²) in [6.45, 7) is 2.00. The van der Waals surface area contributed by atoms with Gasteiger partial charge in [-0.1, -0.05) is 60.4 Å². The second-order valence-electron chi connectivity index (χ2n) is 7.82. The molecule has 31 heavy (non-hydrogen) atoms. The van der Waals surface area contributed by atoms with E-state index in [1.54, 1.807) is 13.2 Å². The van der Waals surface area contributed by atoms with Gasteiger partial charge in [0.2, 0.25) is 0 Å². The highest BCUT2D eigenvalue weighted by molar-refractivity contribution is 7.82. The summed E-state index contributed by atoms with van der Waals surface area (Å²) in [4.78, 5) is 0.674. The van der Waals surface area contributed by atoms with Crippen LogP contribution in [0, 0.1) is 0 Å². The van der Waals surface area contributed by atoms with Crippen LogP contribution in [0.3, 0.4) is 0 Å². The van der Waals surface area contributed by atoms with Crippen molar-refractivity contribution in [1.82, 2.24) is 10.4 Å². The van der Waals surface area contributed by atoms with Crippen LogP contribution in [0.5, 0.6) is 5.75 Å². The molecular weight excluding hydrogens is 451 g/mol. The second-order valence-corrected chi connectivity index (χ2v) is 9.07. The number of nitrogens with zero attached hydrogens (tertiary/aromatic N) is 3. The monoisotopic (exact) mass is 476 g/mol. The predicted octanol–water partition coefficient (Wildman–Crippen LogP) is 6.02. The van der Waals surface area contributed by atoms with Crippen molar-refractivity contribution in [3.05, 3.63) is 58.1 Å². The lowest BCUT2D eigenvalue weighted by molar-refractivity contribution is 0.248. The van der Waals surface area contributed by atoms with Gasteiger partial charge in [-0.15, -0.1) is 0 Å². The molecule has 0 spiro atoms. The topological polar surface area (TPSA) is 40.1 Å². The standard InChI is InChI=1S/C23H26Cl2N4OS/c1-30-18-9-6-16(7-10-18)22-15-20(23(31)27-28-12-4-2-3-5-13-28)26-29(22)21-11-8-17(24)14-19(21)25/h6-11,14,22H,2-5,12-13,15H2,1H3,(H,27,31). The number of thiocarbonyl (C=S) groups is 1. The van der Waals surface area contributed by atoms with Gasteiger partial charge in [0, 0.05) is 24.5 Å². The summed E-state index contributed by atoms with van der Waals surface area (Å²) in [5.41, 5.74) is 6.19. The molecule has 2 aliphatic heterocycles. The number of rotatable bonds is 5. The molecule has 2 aromatic rings. The van der Waals surface area contributed by atoms with Crippen LogP contribution in [-0.2, 0) is 0 Å². The normalized spacial score (nSPS) is 19.6. The first-order valence-electron chi connectivity index (χ1n) is 10.6. The Morgan fingerprint density at radius 2 is 1.77 bits per heavy atom. The number of halogens is 2. The Hall–Kier alpha value is -1.86. The summed E-state index contributed by atoms with van der Waals surface area (Å²) < 4.78 is 5.32. The maximum atomic E-state index is 6.54. The van der Waals surface area contributed by atoms with Crippen LogP contribution < -0.4 is 15.2 Å². The average Bonchev–Trinajstić information content (AvgIpc) is 3.05. The number of nitrogens with one attached hydrogen (secondary N) is 1. The van der Waals surface area contributed by atoms with Crippen LogP contribution in [0.15, 0.2) is 47.6 Å². The van der Waals surface area contributed by atoms with Gasteiger partial charge in [-0.3, -0.25) is 5.01 Å². The molecule has 1 atom stereocenters. The summed E-state index contributed by atoms with van der Waals surface area (Å²) in [5, 5.41) is 10.2. The molecule has 0 amide bonds. The summed E-state index contributed by atoms with van der Waals surface area (Å²) in [5.74, 6) is 0.817. The van der Waals surface area contributed by atoms with Crippen molar-refractivity contribution in [3.63, 3.8) is 0 Å². The average molecular weight is 477 g/mol. The molecule has 2 heterocycles. The summed E-state index contributed by atoms with van der Waals surface area (Å²) >= 11 is 18.4. The molecule has 2 aromatic carbocycles. The quantitative estimate of drug-likeness (QED) is 0.534. The van der Waals surface area contributed by atoms with Crippen LogP contribution in [0.25, 0.3) is 0 Å². The van der Waals surface area contributed by atoms with E-state index in [2.05, 4.69) is 22.6 Å². The molecule has 1 unspecified atom stereocenters. The predicted molar refractivity (Wildman–Crippen MR) is 133 cm³/mol. The fourth-order valence-corrected chi connectivity index (χ4v) is 4.76. The number of methoxy groups -OCH3 is 1. The zero-order chi connectivity index (χ0) is 21.8. The Balaban J connectivity index is 1.61. The molecule has 0 saturated carbocycles. The van der Waals surface area contributed by atoms with Crippen LogP contribution in [0.1, 0.15) is 43.7 Å². The van der Waals surface area contributed by atoms with Gasteiger partial charge < -0.3 is 10.2 Å². The fraction of sp³-hybridized carbons (Fsp3) is 0.391. The Kier molecular flexibility index (Phi) is 7.33. The van der Waals surface area contributed by atoms with Gasteiger partial charge >= 0.3 is 0 Å². The van der Waals surface area contributed by atoms with Gasteiger partial charge in [0.25, 0.3) is 0 Å². The lowest BCUT2D eigenvalue weighted by Crippen LogP contribution is -2.44. The van der Waals surface area contributed by atoms with Crippen LogP contribution in [0.4, 0.5) is 5.69 Å². The lowest BCUT2D eigenvalue weighted by atomic mass is 10.0. The van der Waals surface area contributed by atoms with E-state index in [0.29, 0.717) is 21.5 Å². The van der Waals surface area contributed by atoms with Crippen molar-refractivity contribution in [3.8, 4) is 5.75 Å². The first-order chi connectivity index (χ1) is 15.0. The molecule has 8 heteroatoms. The Morgan fingerprint density at radius 3 is 2.42 bits per heavy atom. The summed E-state index contributed by atoms with van der Waals surface area (Å²) in [6.07, 6.45) is 5.60. The maximum absolute atomic E-state index is 6.54. The zero-order valence-corrected chi connectivity index (χ0v) is 19.8. The van der Waals surface area contributed by atoms with Gasteiger partial charge in [0.05, 0.1) is 29.6 Å². The maximum Gasteiger partial charge on any atom is 0.137 e. The molecule has 4 rings (SSSR count). The van der Waals surface area contributed by atoms with E-state index in [0.717, 1.165) is 35.8 Å². The number of benzene rings is 2. The van der Waals surface area contributed by atoms with E-state index in [4.69, 9.17) is 45.3 Å². The molecule has 0 aromatic heterocycles. The molecule has 1 saturated heterocycles. The van der Waals surface area contributed by atoms with Crippen molar-refractivity contribution in [2.75, 3.05) is 25.2 Å². The molecule has 0 radical (unpaired) electrons. The van der Waals surface area contributed by atoms with Crippen molar-refractivity contribution < 1.29 is 4.74 Å². The van der Waals surface area contributed by atoms with E-state index >= 15 is 0 Å². The van der Waals surface area contributed by atoms with Gasteiger partial charge in [0.1, 0.15) is 10.7 Å². The highest BCUT2D eigenvalue weighted by atomic mass is 35.5. The minimum absolute atomic E-state index is 0.0246. The van der Waals surface area contributed by atoms with Crippen molar-refractivity contribution in [2.24, 2.45) is 5.10 Å². The van der Waals surface area contributed by atoms with Gasteiger partial charge in [-0.05, 0) is 48.7 Å². The van der Waals surface area contributed by atoms with Crippen molar-refractivity contribution in [1.29, 1.82) is 0 Å². The number of ether oxygens (including phenoxy) is 1. The Labute approximate surface area is 198 Å². The third-order valence-electron chi connectivity index (χ3n) is 5.70. The summed E-state index contributed by atoms with van der Waals surface area (Å²) in [7, 11) is 1.67. The summed E-state index contributed by atoms with van der Waals surface area (Å²) in [6, 6.07) is 13.5. The van der Waals surface area contributed by atoms with Gasteiger partial charge in [-0.2, -0.15) is 5.10 Å². The van der Waals surface area contributed by atoms with Crippen LogP contribution >= 0.6 is 35.4 Å². The molecular formula is C23H26Cl2N4OS. The van der Waals surface area contributed by atoms with E-state index in [9.17, 15) is 0 Å². The molecule has 1 N–H and O–H groups in total. The van der Waals surface area contributed by atoms with Crippen LogP contribution in [0.2, 0.25) is 10.0 Å². The first-order valence-corrected chi connectivity index (χ1v) is 11.7. The number of hydrazine groups is 1. The molecule has 5 nitrogen and oxygen atoms in total. The molecule has 0 bridgehead atoms. The lowest BCUT2D eigenvalue weighted by Gasteiger charge is -2.25. The molecule has 1 fully saturated rings. The van der Waals surface area contributed by atoms with E-state index in [1.165, 1.54) is 25.7 Å². The Bertz CT molecular complexity index is 959. The van der Waals surface area contributed by atoms with E-state index in [-0.39, 0.29) is 6.04 Å². The Morgan fingerprint density at radius 1 is 1.06 bits per heavy atom. The van der Waals surface area contributed by atoms with E-state index in [1.807, 2.05) is 29.3 Å². The van der Waals surface area contributed by atoms with Crippen molar-refractivity contribution >= 4 is 51.8 Å². The molecule has 2 aliphatic rings. The zero-order valence-electron chi connectivity index (χ0n) is 17.5. The third kappa shape index (κ3) is 5.32. The minimum atomic E-state index is -0.0246. The van der Waals surface area contributed by atoms with Gasteiger partial charge in [-0.25, -0.2) is 5.01 Å². The van der Waals surface area contributed by atoms with E-state index < -0.39 is 0 Å². The smallest absolute Gasteiger partial charge is 0.137 e. The highest BCUT2D eigenvalue weighted by Crippen LogP contribution is 2.40. The largest absolute Gasteiger partial charge is 0.497 e. The van der Waals surface area contributed by atoms with Crippen molar-refractivity contribution in [2.45, 2.75) is 38.1 Å². The van der Waals surface area contributed by atoms with Gasteiger partial charge in [0.15, 0.2) is 0 Å². The minimum Gasteiger partial charge on any atom is -0.497 e. The first kappa shape index (κ1) is 22.3. The number of hydrazone groups is 1.